The molecule has 0 radical (unpaired) electrons. The number of nitrogens with one attached hydrogen (secondary N) is 1. The zero-order valence-electron chi connectivity index (χ0n) is 18.8. The van der Waals surface area contributed by atoms with Crippen LogP contribution < -0.4 is 10.1 Å². The van der Waals surface area contributed by atoms with E-state index in [0.29, 0.717) is 11.3 Å². The molecule has 3 aromatic rings. The topological polar surface area (TPSA) is 44.8 Å². The first-order chi connectivity index (χ1) is 15.6. The van der Waals surface area contributed by atoms with Gasteiger partial charge in [0.15, 0.2) is 0 Å². The minimum Gasteiger partial charge on any atom is -0.457 e. The van der Waals surface area contributed by atoms with Gasteiger partial charge in [-0.15, -0.1) is 0 Å². The maximum atomic E-state index is 13.1. The van der Waals surface area contributed by atoms with Crippen molar-refractivity contribution < 1.29 is 9.53 Å². The monoisotopic (exact) mass is 429 g/mol. The first kappa shape index (κ1) is 22.1. The molecule has 1 amide bonds. The highest BCUT2D eigenvalue weighted by atomic mass is 16.5. The van der Waals surface area contributed by atoms with Crippen LogP contribution in [0.2, 0.25) is 0 Å². The van der Waals surface area contributed by atoms with Gasteiger partial charge in [0.05, 0.1) is 6.04 Å². The van der Waals surface area contributed by atoms with Gasteiger partial charge in [0.2, 0.25) is 0 Å². The molecule has 1 saturated heterocycles. The molecule has 3 aromatic carbocycles. The summed E-state index contributed by atoms with van der Waals surface area (Å²) in [5.74, 6) is 1.30. The highest BCUT2D eigenvalue weighted by molar-refractivity contribution is 5.94. The smallest absolute Gasteiger partial charge is 0.251 e. The largest absolute Gasteiger partial charge is 0.457 e. The number of piperazine rings is 1. The lowest BCUT2D eigenvalue weighted by molar-refractivity contribution is 0.0791. The molecule has 1 fully saturated rings. The van der Waals surface area contributed by atoms with Crippen LogP contribution in [-0.4, -0.2) is 55.0 Å². The average molecular weight is 430 g/mol. The van der Waals surface area contributed by atoms with Crippen molar-refractivity contribution in [1.82, 2.24) is 15.1 Å². The van der Waals surface area contributed by atoms with Gasteiger partial charge in [-0.2, -0.15) is 0 Å². The van der Waals surface area contributed by atoms with E-state index in [-0.39, 0.29) is 18.0 Å². The van der Waals surface area contributed by atoms with Crippen LogP contribution >= 0.6 is 0 Å². The van der Waals surface area contributed by atoms with Gasteiger partial charge in [-0.25, -0.2) is 0 Å². The minimum absolute atomic E-state index is 0.0491. The van der Waals surface area contributed by atoms with Gasteiger partial charge in [0, 0.05) is 37.8 Å². The van der Waals surface area contributed by atoms with Crippen molar-refractivity contribution >= 4 is 5.91 Å². The Labute approximate surface area is 190 Å². The Morgan fingerprint density at radius 2 is 1.47 bits per heavy atom. The third-order valence-corrected chi connectivity index (χ3v) is 5.98. The first-order valence-corrected chi connectivity index (χ1v) is 11.2. The number of hydrogen-bond acceptors (Lipinski definition) is 4. The van der Waals surface area contributed by atoms with E-state index in [0.717, 1.165) is 31.9 Å². The maximum Gasteiger partial charge on any atom is 0.251 e. The van der Waals surface area contributed by atoms with Crippen molar-refractivity contribution in [2.45, 2.75) is 19.0 Å². The van der Waals surface area contributed by atoms with E-state index in [1.54, 1.807) is 6.07 Å². The lowest BCUT2D eigenvalue weighted by atomic mass is 9.97. The summed E-state index contributed by atoms with van der Waals surface area (Å²) in [5.41, 5.74) is 1.82. The van der Waals surface area contributed by atoms with Crippen LogP contribution in [0.25, 0.3) is 0 Å². The van der Waals surface area contributed by atoms with Crippen LogP contribution in [0.15, 0.2) is 84.9 Å². The zero-order chi connectivity index (χ0) is 22.3. The summed E-state index contributed by atoms with van der Waals surface area (Å²) >= 11 is 0. The summed E-state index contributed by atoms with van der Waals surface area (Å²) in [6, 6.07) is 27.5. The molecule has 5 heteroatoms. The summed E-state index contributed by atoms with van der Waals surface area (Å²) < 4.78 is 5.90. The number of hydrogen-bond donors (Lipinski definition) is 1. The summed E-state index contributed by atoms with van der Waals surface area (Å²) in [6.45, 7) is 6.12. The molecule has 2 atom stereocenters. The molecule has 1 N–H and O–H groups in total. The minimum atomic E-state index is -0.0916. The number of benzene rings is 3. The number of para-hydroxylation sites is 1. The molecule has 32 heavy (non-hydrogen) atoms. The van der Waals surface area contributed by atoms with Crippen LogP contribution in [0.5, 0.6) is 11.5 Å². The Morgan fingerprint density at radius 1 is 0.844 bits per heavy atom. The second-order valence-electron chi connectivity index (χ2n) is 8.40. The van der Waals surface area contributed by atoms with E-state index < -0.39 is 0 Å². The standard InChI is InChI=1S/C27H31N3O2/c1-21(26(22-10-5-3-6-11-22)30-18-16-29(2)17-19-30)28-27(31)23-12-9-15-25(20-23)32-24-13-7-4-8-14-24/h3-15,20-21,26H,16-19H2,1-2H3,(H,28,31)/t21-,26-/m1/s1. The van der Waals surface area contributed by atoms with Crippen LogP contribution in [0, 0.1) is 0 Å². The Balaban J connectivity index is 1.49. The molecule has 0 unspecified atom stereocenters. The fourth-order valence-corrected chi connectivity index (χ4v) is 4.26. The molecule has 0 spiro atoms. The summed E-state index contributed by atoms with van der Waals surface area (Å²) in [4.78, 5) is 18.0. The van der Waals surface area contributed by atoms with Gasteiger partial charge < -0.3 is 15.0 Å². The molecule has 5 nitrogen and oxygen atoms in total. The molecule has 0 aromatic heterocycles. The highest BCUT2D eigenvalue weighted by Gasteiger charge is 2.29. The van der Waals surface area contributed by atoms with Crippen LogP contribution in [0.1, 0.15) is 28.9 Å². The average Bonchev–Trinajstić information content (AvgIpc) is 2.82. The summed E-state index contributed by atoms with van der Waals surface area (Å²) in [5, 5.41) is 3.24. The van der Waals surface area contributed by atoms with E-state index >= 15 is 0 Å². The second kappa shape index (κ2) is 10.4. The van der Waals surface area contributed by atoms with Crippen molar-refractivity contribution in [3.63, 3.8) is 0 Å². The van der Waals surface area contributed by atoms with Crippen molar-refractivity contribution in [3.05, 3.63) is 96.1 Å². The second-order valence-corrected chi connectivity index (χ2v) is 8.40. The van der Waals surface area contributed by atoms with E-state index in [1.807, 2.05) is 54.6 Å². The Bertz CT molecular complexity index is 1000. The van der Waals surface area contributed by atoms with E-state index in [4.69, 9.17) is 4.74 Å². The van der Waals surface area contributed by atoms with Gasteiger partial charge >= 0.3 is 0 Å². The lowest BCUT2D eigenvalue weighted by Crippen LogP contribution is -2.51. The van der Waals surface area contributed by atoms with Crippen molar-refractivity contribution in [2.24, 2.45) is 0 Å². The van der Waals surface area contributed by atoms with Crippen molar-refractivity contribution in [1.29, 1.82) is 0 Å². The normalized spacial score (nSPS) is 16.8. The predicted molar refractivity (Wildman–Crippen MR) is 128 cm³/mol. The molecule has 0 bridgehead atoms. The Morgan fingerprint density at radius 3 is 2.16 bits per heavy atom. The fourth-order valence-electron chi connectivity index (χ4n) is 4.26. The molecule has 1 heterocycles. The van der Waals surface area contributed by atoms with E-state index in [1.165, 1.54) is 5.56 Å². The Hall–Kier alpha value is -3.15. The third kappa shape index (κ3) is 5.55. The third-order valence-electron chi connectivity index (χ3n) is 5.98. The van der Waals surface area contributed by atoms with Crippen molar-refractivity contribution in [3.8, 4) is 11.5 Å². The predicted octanol–water partition coefficient (Wildman–Crippen LogP) is 4.59. The lowest BCUT2D eigenvalue weighted by Gasteiger charge is -2.41. The van der Waals surface area contributed by atoms with Gasteiger partial charge in [-0.1, -0.05) is 54.6 Å². The number of nitrogens with zero attached hydrogens (tertiary/aromatic N) is 2. The number of carbonyl (C=O) groups excluding carboxylic acids is 1. The highest BCUT2D eigenvalue weighted by Crippen LogP contribution is 2.26. The molecule has 4 rings (SSSR count). The number of ether oxygens (including phenoxy) is 1. The summed E-state index contributed by atoms with van der Waals surface area (Å²) in [7, 11) is 2.16. The SMILES string of the molecule is C[C@@H](NC(=O)c1cccc(Oc2ccccc2)c1)[C@H](c1ccccc1)N1CCN(C)CC1. The van der Waals surface area contributed by atoms with Crippen LogP contribution in [0.3, 0.4) is 0 Å². The molecule has 0 aliphatic carbocycles. The molecule has 1 aliphatic rings. The number of rotatable bonds is 7. The van der Waals surface area contributed by atoms with Crippen molar-refractivity contribution in [2.75, 3.05) is 33.2 Å². The van der Waals surface area contributed by atoms with E-state index in [9.17, 15) is 4.79 Å². The first-order valence-electron chi connectivity index (χ1n) is 11.2. The zero-order valence-corrected chi connectivity index (χ0v) is 18.8. The van der Waals surface area contributed by atoms with Gasteiger partial charge in [0.1, 0.15) is 11.5 Å². The maximum absolute atomic E-state index is 13.1. The molecule has 0 saturated carbocycles. The van der Waals surface area contributed by atoms with Gasteiger partial charge in [-0.3, -0.25) is 9.69 Å². The molecular weight excluding hydrogens is 398 g/mol. The fraction of sp³-hybridized carbons (Fsp3) is 0.296. The summed E-state index contributed by atoms with van der Waals surface area (Å²) in [6.07, 6.45) is 0. The number of carbonyl (C=O) groups is 1. The van der Waals surface area contributed by atoms with Gasteiger partial charge in [-0.05, 0) is 49.9 Å². The van der Waals surface area contributed by atoms with Gasteiger partial charge in [0.25, 0.3) is 5.91 Å². The van der Waals surface area contributed by atoms with Crippen LogP contribution in [0.4, 0.5) is 0 Å². The molecule has 166 valence electrons. The van der Waals surface area contributed by atoms with E-state index in [2.05, 4.69) is 53.4 Å². The quantitative estimate of drug-likeness (QED) is 0.597. The Kier molecular flexibility index (Phi) is 7.20. The molecule has 1 aliphatic heterocycles. The number of amides is 1. The van der Waals surface area contributed by atoms with Crippen LogP contribution in [-0.2, 0) is 0 Å². The number of likely N-dealkylation sites (N-methyl/N-ethyl adjacent to an activating group) is 1. The molecular formula is C27H31N3O2.